The standard InChI is InChI=1S/C15H17NO2/c17-10-11-9-15(18-12-5-1-2-6-12)13-7-3-4-8-14(13)16-11/h3-4,7-9,12,17H,1-2,5-6,10H2. The summed E-state index contributed by atoms with van der Waals surface area (Å²) in [5.74, 6) is 0.858. The summed E-state index contributed by atoms with van der Waals surface area (Å²) in [7, 11) is 0. The number of hydrogen-bond acceptors (Lipinski definition) is 3. The van der Waals surface area contributed by atoms with Crippen molar-refractivity contribution in [1.29, 1.82) is 0 Å². The second kappa shape index (κ2) is 4.94. The minimum atomic E-state index is -0.0497. The monoisotopic (exact) mass is 243 g/mol. The van der Waals surface area contributed by atoms with Gasteiger partial charge in [0.15, 0.2) is 0 Å². The van der Waals surface area contributed by atoms with Gasteiger partial charge in [-0.05, 0) is 37.8 Å². The van der Waals surface area contributed by atoms with Crippen LogP contribution in [0.3, 0.4) is 0 Å². The summed E-state index contributed by atoms with van der Waals surface area (Å²) in [4.78, 5) is 4.40. The van der Waals surface area contributed by atoms with Crippen LogP contribution in [-0.2, 0) is 6.61 Å². The van der Waals surface area contributed by atoms with Crippen molar-refractivity contribution in [2.75, 3.05) is 0 Å². The number of aliphatic hydroxyl groups excluding tert-OH is 1. The summed E-state index contributed by atoms with van der Waals surface area (Å²) in [6.07, 6.45) is 5.08. The Morgan fingerprint density at radius 3 is 2.78 bits per heavy atom. The molecule has 0 saturated heterocycles. The fraction of sp³-hybridized carbons (Fsp3) is 0.400. The van der Waals surface area contributed by atoms with Crippen LogP contribution in [0.4, 0.5) is 0 Å². The van der Waals surface area contributed by atoms with Crippen LogP contribution in [0.5, 0.6) is 5.75 Å². The number of fused-ring (bicyclic) bond motifs is 1. The highest BCUT2D eigenvalue weighted by Crippen LogP contribution is 2.30. The smallest absolute Gasteiger partial charge is 0.131 e. The van der Waals surface area contributed by atoms with Gasteiger partial charge in [0.25, 0.3) is 0 Å². The van der Waals surface area contributed by atoms with Crippen LogP contribution in [0, 0.1) is 0 Å². The molecule has 1 aliphatic carbocycles. The van der Waals surface area contributed by atoms with Crippen molar-refractivity contribution in [2.24, 2.45) is 0 Å². The van der Waals surface area contributed by atoms with Crippen LogP contribution >= 0.6 is 0 Å². The SMILES string of the molecule is OCc1cc(OC2CCCC2)c2ccccc2n1. The van der Waals surface area contributed by atoms with Crippen molar-refractivity contribution in [3.63, 3.8) is 0 Å². The summed E-state index contributed by atoms with van der Waals surface area (Å²) in [6, 6.07) is 9.78. The van der Waals surface area contributed by atoms with Crippen LogP contribution in [0.2, 0.25) is 0 Å². The molecule has 0 radical (unpaired) electrons. The van der Waals surface area contributed by atoms with Gasteiger partial charge in [-0.2, -0.15) is 0 Å². The van der Waals surface area contributed by atoms with Gasteiger partial charge in [0.05, 0.1) is 23.9 Å². The molecule has 1 aromatic heterocycles. The quantitative estimate of drug-likeness (QED) is 0.901. The molecule has 2 aromatic rings. The van der Waals surface area contributed by atoms with E-state index in [4.69, 9.17) is 4.74 Å². The Morgan fingerprint density at radius 2 is 2.00 bits per heavy atom. The molecular weight excluding hydrogens is 226 g/mol. The molecular formula is C15H17NO2. The Kier molecular flexibility index (Phi) is 3.15. The first-order valence-corrected chi connectivity index (χ1v) is 6.53. The van der Waals surface area contributed by atoms with Crippen molar-refractivity contribution >= 4 is 10.9 Å². The average molecular weight is 243 g/mol. The fourth-order valence-corrected chi connectivity index (χ4v) is 2.56. The zero-order valence-electron chi connectivity index (χ0n) is 10.3. The molecule has 0 bridgehead atoms. The summed E-state index contributed by atoms with van der Waals surface area (Å²) >= 11 is 0. The van der Waals surface area contributed by atoms with Crippen LogP contribution in [-0.4, -0.2) is 16.2 Å². The van der Waals surface area contributed by atoms with Crippen molar-refractivity contribution in [3.05, 3.63) is 36.0 Å². The second-order valence-corrected chi connectivity index (χ2v) is 4.81. The number of nitrogens with zero attached hydrogens (tertiary/aromatic N) is 1. The molecule has 3 heteroatoms. The lowest BCUT2D eigenvalue weighted by molar-refractivity contribution is 0.211. The van der Waals surface area contributed by atoms with E-state index in [0.29, 0.717) is 11.8 Å². The van der Waals surface area contributed by atoms with E-state index in [1.165, 1.54) is 12.8 Å². The predicted molar refractivity (Wildman–Crippen MR) is 70.5 cm³/mol. The van der Waals surface area contributed by atoms with Crippen LogP contribution in [0.25, 0.3) is 10.9 Å². The molecule has 3 rings (SSSR count). The molecule has 94 valence electrons. The maximum Gasteiger partial charge on any atom is 0.131 e. The number of benzene rings is 1. The fourth-order valence-electron chi connectivity index (χ4n) is 2.56. The topological polar surface area (TPSA) is 42.4 Å². The lowest BCUT2D eigenvalue weighted by atomic mass is 10.1. The highest BCUT2D eigenvalue weighted by Gasteiger charge is 2.18. The number of aliphatic hydroxyl groups is 1. The highest BCUT2D eigenvalue weighted by molar-refractivity contribution is 5.85. The average Bonchev–Trinajstić information content (AvgIpc) is 2.91. The highest BCUT2D eigenvalue weighted by atomic mass is 16.5. The minimum absolute atomic E-state index is 0.0497. The molecule has 1 saturated carbocycles. The second-order valence-electron chi connectivity index (χ2n) is 4.81. The molecule has 1 fully saturated rings. The number of ether oxygens (including phenoxy) is 1. The molecule has 0 spiro atoms. The van der Waals surface area contributed by atoms with E-state index in [1.54, 1.807) is 0 Å². The van der Waals surface area contributed by atoms with Gasteiger partial charge < -0.3 is 9.84 Å². The molecule has 3 nitrogen and oxygen atoms in total. The van der Waals surface area contributed by atoms with Crippen molar-refractivity contribution < 1.29 is 9.84 Å². The van der Waals surface area contributed by atoms with Gasteiger partial charge >= 0.3 is 0 Å². The summed E-state index contributed by atoms with van der Waals surface area (Å²) < 4.78 is 6.08. The van der Waals surface area contributed by atoms with E-state index < -0.39 is 0 Å². The first-order chi connectivity index (χ1) is 8.86. The zero-order valence-corrected chi connectivity index (χ0v) is 10.3. The Bertz CT molecular complexity index is 547. The van der Waals surface area contributed by atoms with Gasteiger partial charge in [-0.15, -0.1) is 0 Å². The molecule has 0 atom stereocenters. The van der Waals surface area contributed by atoms with Crippen molar-refractivity contribution in [2.45, 2.75) is 38.4 Å². The van der Waals surface area contributed by atoms with E-state index in [0.717, 1.165) is 29.5 Å². The number of pyridine rings is 1. The first kappa shape index (κ1) is 11.5. The van der Waals surface area contributed by atoms with Gasteiger partial charge in [-0.3, -0.25) is 4.98 Å². The van der Waals surface area contributed by atoms with Gasteiger partial charge in [-0.25, -0.2) is 0 Å². The maximum absolute atomic E-state index is 9.26. The third kappa shape index (κ3) is 2.18. The lowest BCUT2D eigenvalue weighted by Crippen LogP contribution is -2.11. The Balaban J connectivity index is 2.01. The normalized spacial score (nSPS) is 16.3. The van der Waals surface area contributed by atoms with Crippen LogP contribution < -0.4 is 4.74 Å². The van der Waals surface area contributed by atoms with Gasteiger partial charge in [0.2, 0.25) is 0 Å². The molecule has 1 N–H and O–H groups in total. The summed E-state index contributed by atoms with van der Waals surface area (Å²) in [5.41, 5.74) is 1.55. The number of para-hydroxylation sites is 1. The third-order valence-electron chi connectivity index (χ3n) is 3.49. The molecule has 1 aromatic carbocycles. The molecule has 0 unspecified atom stereocenters. The minimum Gasteiger partial charge on any atom is -0.490 e. The van der Waals surface area contributed by atoms with E-state index in [-0.39, 0.29) is 6.61 Å². The Morgan fingerprint density at radius 1 is 1.22 bits per heavy atom. The zero-order chi connectivity index (χ0) is 12.4. The van der Waals surface area contributed by atoms with Gasteiger partial charge in [0.1, 0.15) is 5.75 Å². The van der Waals surface area contributed by atoms with E-state index >= 15 is 0 Å². The molecule has 0 amide bonds. The van der Waals surface area contributed by atoms with Crippen LogP contribution in [0.1, 0.15) is 31.4 Å². The molecule has 1 aliphatic rings. The third-order valence-corrected chi connectivity index (χ3v) is 3.49. The first-order valence-electron chi connectivity index (χ1n) is 6.53. The van der Waals surface area contributed by atoms with Crippen molar-refractivity contribution in [3.8, 4) is 5.75 Å². The molecule has 0 aliphatic heterocycles. The maximum atomic E-state index is 9.26. The summed E-state index contributed by atoms with van der Waals surface area (Å²) in [5, 5.41) is 10.3. The van der Waals surface area contributed by atoms with Crippen LogP contribution in [0.15, 0.2) is 30.3 Å². The van der Waals surface area contributed by atoms with E-state index in [1.807, 2.05) is 30.3 Å². The number of hydrogen-bond donors (Lipinski definition) is 1. The number of rotatable bonds is 3. The van der Waals surface area contributed by atoms with Crippen molar-refractivity contribution in [1.82, 2.24) is 4.98 Å². The number of aromatic nitrogens is 1. The van der Waals surface area contributed by atoms with Gasteiger partial charge in [0, 0.05) is 11.5 Å². The molecule has 1 heterocycles. The van der Waals surface area contributed by atoms with Gasteiger partial charge in [-0.1, -0.05) is 12.1 Å². The molecule has 18 heavy (non-hydrogen) atoms. The Hall–Kier alpha value is -1.61. The van der Waals surface area contributed by atoms with E-state index in [2.05, 4.69) is 4.98 Å². The lowest BCUT2D eigenvalue weighted by Gasteiger charge is -2.15. The van der Waals surface area contributed by atoms with E-state index in [9.17, 15) is 5.11 Å². The summed E-state index contributed by atoms with van der Waals surface area (Å²) in [6.45, 7) is -0.0497. The predicted octanol–water partition coefficient (Wildman–Crippen LogP) is 3.05. The largest absolute Gasteiger partial charge is 0.490 e. The Labute approximate surface area is 106 Å².